The van der Waals surface area contributed by atoms with Crippen molar-refractivity contribution >= 4 is 37.3 Å². The van der Waals surface area contributed by atoms with Gasteiger partial charge in [-0.05, 0) is 40.2 Å². The Labute approximate surface area is 124 Å². The van der Waals surface area contributed by atoms with Crippen LogP contribution in [0, 0.1) is 11.3 Å². The molecule has 0 unspecified atom stereocenters. The summed E-state index contributed by atoms with van der Waals surface area (Å²) in [6, 6.07) is 7.42. The average Bonchev–Trinajstić information content (AvgIpc) is 2.40. The van der Waals surface area contributed by atoms with Crippen LogP contribution in [-0.4, -0.2) is 13.4 Å². The Kier molecular flexibility index (Phi) is 3.92. The van der Waals surface area contributed by atoms with Crippen molar-refractivity contribution < 1.29 is 8.42 Å². The number of pyridine rings is 1. The molecule has 0 radical (unpaired) electrons. The van der Waals surface area contributed by atoms with Gasteiger partial charge >= 0.3 is 0 Å². The molecule has 0 fully saturated rings. The van der Waals surface area contributed by atoms with Gasteiger partial charge in [-0.2, -0.15) is 5.26 Å². The lowest BCUT2D eigenvalue weighted by atomic mass is 10.2. The molecule has 0 aliphatic carbocycles. The molecule has 102 valence electrons. The van der Waals surface area contributed by atoms with E-state index in [4.69, 9.17) is 11.0 Å². The first-order valence-electron chi connectivity index (χ1n) is 5.36. The minimum Gasteiger partial charge on any atom is -0.398 e. The molecular weight excluding hydrogens is 344 g/mol. The van der Waals surface area contributed by atoms with Gasteiger partial charge in [-0.1, -0.05) is 0 Å². The van der Waals surface area contributed by atoms with E-state index in [9.17, 15) is 8.42 Å². The number of nitriles is 1. The van der Waals surface area contributed by atoms with Gasteiger partial charge in [0.25, 0.3) is 10.0 Å². The van der Waals surface area contributed by atoms with Gasteiger partial charge in [0, 0.05) is 12.4 Å². The summed E-state index contributed by atoms with van der Waals surface area (Å²) in [7, 11) is -3.83. The van der Waals surface area contributed by atoms with E-state index in [2.05, 4.69) is 25.6 Å². The number of hydrogen-bond donors (Lipinski definition) is 2. The van der Waals surface area contributed by atoms with Gasteiger partial charge in [-0.15, -0.1) is 0 Å². The van der Waals surface area contributed by atoms with Crippen LogP contribution in [0.4, 0.5) is 11.4 Å². The molecule has 0 saturated heterocycles. The zero-order valence-corrected chi connectivity index (χ0v) is 12.4. The maximum atomic E-state index is 12.3. The summed E-state index contributed by atoms with van der Waals surface area (Å²) in [6.07, 6.45) is 2.94. The van der Waals surface area contributed by atoms with Crippen LogP contribution < -0.4 is 10.5 Å². The normalized spacial score (nSPS) is 10.8. The summed E-state index contributed by atoms with van der Waals surface area (Å²) in [4.78, 5) is 3.76. The maximum Gasteiger partial charge on any atom is 0.263 e. The third-order valence-corrected chi connectivity index (χ3v) is 4.52. The van der Waals surface area contributed by atoms with Crippen LogP contribution in [0.15, 0.2) is 46.0 Å². The summed E-state index contributed by atoms with van der Waals surface area (Å²) in [6.45, 7) is 0. The van der Waals surface area contributed by atoms with Crippen molar-refractivity contribution in [2.45, 2.75) is 4.90 Å². The molecule has 0 atom stereocenters. The number of benzene rings is 1. The summed E-state index contributed by atoms with van der Waals surface area (Å²) >= 11 is 3.20. The van der Waals surface area contributed by atoms with E-state index in [1.54, 1.807) is 0 Å². The van der Waals surface area contributed by atoms with E-state index >= 15 is 0 Å². The number of sulfonamides is 1. The number of aromatic nitrogens is 1. The number of nitrogen functional groups attached to an aromatic ring is 1. The van der Waals surface area contributed by atoms with E-state index in [-0.39, 0.29) is 10.6 Å². The van der Waals surface area contributed by atoms with Crippen LogP contribution in [0.3, 0.4) is 0 Å². The number of nitrogens with one attached hydrogen (secondary N) is 1. The van der Waals surface area contributed by atoms with Gasteiger partial charge in [0.05, 0.1) is 27.5 Å². The number of halogens is 1. The fourth-order valence-corrected chi connectivity index (χ4v) is 3.20. The number of nitrogens with zero attached hydrogens (tertiary/aromatic N) is 2. The number of nitrogens with two attached hydrogens (primary N) is 1. The highest BCUT2D eigenvalue weighted by Gasteiger charge is 2.18. The summed E-state index contributed by atoms with van der Waals surface area (Å²) in [5.41, 5.74) is 6.34. The first-order valence-corrected chi connectivity index (χ1v) is 7.63. The largest absolute Gasteiger partial charge is 0.398 e. The molecule has 0 bridgehead atoms. The van der Waals surface area contributed by atoms with Gasteiger partial charge < -0.3 is 5.73 Å². The van der Waals surface area contributed by atoms with Crippen LogP contribution >= 0.6 is 15.9 Å². The van der Waals surface area contributed by atoms with Crippen LogP contribution in [-0.2, 0) is 10.0 Å². The topological polar surface area (TPSA) is 109 Å². The lowest BCUT2D eigenvalue weighted by Crippen LogP contribution is -2.15. The van der Waals surface area contributed by atoms with Gasteiger partial charge in [-0.3, -0.25) is 9.71 Å². The second-order valence-corrected chi connectivity index (χ2v) is 6.33. The Hall–Kier alpha value is -2.11. The Balaban J connectivity index is 2.42. The standard InChI is InChI=1S/C12H9BrN4O2S/c13-9-7-16-4-3-11(9)17-20(18,19)12-2-1-8(6-14)5-10(12)15/h1-5,7H,15H2,(H,16,17). The molecule has 0 aliphatic heterocycles. The third-order valence-electron chi connectivity index (χ3n) is 2.45. The fourth-order valence-electron chi connectivity index (χ4n) is 1.52. The SMILES string of the molecule is N#Cc1ccc(S(=O)(=O)Nc2ccncc2Br)c(N)c1. The molecular formula is C12H9BrN4O2S. The first kappa shape index (κ1) is 14.3. The van der Waals surface area contributed by atoms with Crippen molar-refractivity contribution in [2.75, 3.05) is 10.5 Å². The zero-order chi connectivity index (χ0) is 14.8. The Morgan fingerprint density at radius 1 is 1.35 bits per heavy atom. The molecule has 1 heterocycles. The highest BCUT2D eigenvalue weighted by Crippen LogP contribution is 2.26. The number of hydrogen-bond acceptors (Lipinski definition) is 5. The molecule has 2 rings (SSSR count). The van der Waals surface area contributed by atoms with Crippen molar-refractivity contribution in [2.24, 2.45) is 0 Å². The summed E-state index contributed by atoms with van der Waals surface area (Å²) in [5.74, 6) is 0. The lowest BCUT2D eigenvalue weighted by molar-refractivity contribution is 0.601. The van der Waals surface area contributed by atoms with E-state index < -0.39 is 10.0 Å². The van der Waals surface area contributed by atoms with Gasteiger partial charge in [0.15, 0.2) is 0 Å². The average molecular weight is 353 g/mol. The molecule has 3 N–H and O–H groups in total. The molecule has 2 aromatic rings. The Bertz CT molecular complexity index is 799. The van der Waals surface area contributed by atoms with Crippen molar-refractivity contribution in [1.29, 1.82) is 5.26 Å². The Morgan fingerprint density at radius 3 is 2.70 bits per heavy atom. The number of rotatable bonds is 3. The molecule has 20 heavy (non-hydrogen) atoms. The van der Waals surface area contributed by atoms with Crippen LogP contribution in [0.5, 0.6) is 0 Å². The van der Waals surface area contributed by atoms with Crippen LogP contribution in [0.2, 0.25) is 0 Å². The highest BCUT2D eigenvalue weighted by molar-refractivity contribution is 9.10. The van der Waals surface area contributed by atoms with E-state index in [1.165, 1.54) is 36.7 Å². The monoisotopic (exact) mass is 352 g/mol. The minimum absolute atomic E-state index is 0.0155. The van der Waals surface area contributed by atoms with Gasteiger partial charge in [0.1, 0.15) is 4.90 Å². The first-order chi connectivity index (χ1) is 9.44. The zero-order valence-electron chi connectivity index (χ0n) is 10.0. The summed E-state index contributed by atoms with van der Waals surface area (Å²) < 4.78 is 27.4. The Morgan fingerprint density at radius 2 is 2.10 bits per heavy atom. The van der Waals surface area contributed by atoms with E-state index in [0.717, 1.165) is 0 Å². The molecule has 1 aromatic heterocycles. The predicted octanol–water partition coefficient (Wildman–Crippen LogP) is 2.10. The minimum atomic E-state index is -3.83. The molecule has 0 saturated carbocycles. The molecule has 1 aromatic carbocycles. The quantitative estimate of drug-likeness (QED) is 0.822. The van der Waals surface area contributed by atoms with Gasteiger partial charge in [0.2, 0.25) is 0 Å². The predicted molar refractivity (Wildman–Crippen MR) is 78.3 cm³/mol. The molecule has 6 nitrogen and oxygen atoms in total. The van der Waals surface area contributed by atoms with E-state index in [1.807, 2.05) is 6.07 Å². The molecule has 8 heteroatoms. The van der Waals surface area contributed by atoms with Crippen LogP contribution in [0.1, 0.15) is 5.56 Å². The highest BCUT2D eigenvalue weighted by atomic mass is 79.9. The maximum absolute atomic E-state index is 12.3. The van der Waals surface area contributed by atoms with Crippen molar-refractivity contribution in [1.82, 2.24) is 4.98 Å². The molecule has 0 aliphatic rings. The van der Waals surface area contributed by atoms with Crippen molar-refractivity contribution in [3.05, 3.63) is 46.7 Å². The lowest BCUT2D eigenvalue weighted by Gasteiger charge is -2.11. The second-order valence-electron chi connectivity index (χ2n) is 3.83. The van der Waals surface area contributed by atoms with Gasteiger partial charge in [-0.25, -0.2) is 8.42 Å². The molecule has 0 spiro atoms. The number of anilines is 2. The summed E-state index contributed by atoms with van der Waals surface area (Å²) in [5, 5.41) is 8.74. The molecule has 0 amide bonds. The van der Waals surface area contributed by atoms with Crippen molar-refractivity contribution in [3.8, 4) is 6.07 Å². The van der Waals surface area contributed by atoms with E-state index in [0.29, 0.717) is 15.7 Å². The van der Waals surface area contributed by atoms with Crippen molar-refractivity contribution in [3.63, 3.8) is 0 Å². The second kappa shape index (κ2) is 5.48. The third kappa shape index (κ3) is 2.89. The fraction of sp³-hybridized carbons (Fsp3) is 0. The smallest absolute Gasteiger partial charge is 0.263 e. The van der Waals surface area contributed by atoms with Crippen LogP contribution in [0.25, 0.3) is 0 Å².